The van der Waals surface area contributed by atoms with Gasteiger partial charge in [0.1, 0.15) is 5.60 Å². The molecule has 1 heterocycles. The van der Waals surface area contributed by atoms with E-state index in [1.165, 1.54) is 0 Å². The Hall–Kier alpha value is -2.37. The molecule has 1 N–H and O–H groups in total. The van der Waals surface area contributed by atoms with Gasteiger partial charge in [-0.2, -0.15) is 4.98 Å². The maximum absolute atomic E-state index is 11.7. The molecule has 0 atom stereocenters. The fraction of sp³-hybridized carbons (Fsp3) is 0.438. The summed E-state index contributed by atoms with van der Waals surface area (Å²) in [7, 11) is 0. The molecule has 1 aromatic heterocycles. The number of anilines is 1. The molecule has 0 saturated heterocycles. The first kappa shape index (κ1) is 16.0. The van der Waals surface area contributed by atoms with Gasteiger partial charge in [0.05, 0.1) is 0 Å². The van der Waals surface area contributed by atoms with Crippen LogP contribution < -0.4 is 5.32 Å². The van der Waals surface area contributed by atoms with Crippen molar-refractivity contribution >= 4 is 11.8 Å². The third-order valence-corrected chi connectivity index (χ3v) is 2.74. The van der Waals surface area contributed by atoms with Gasteiger partial charge in [0, 0.05) is 17.2 Å². The van der Waals surface area contributed by atoms with Crippen molar-refractivity contribution in [2.24, 2.45) is 0 Å². The molecule has 0 radical (unpaired) electrons. The summed E-state index contributed by atoms with van der Waals surface area (Å²) in [5.41, 5.74) is 0.914. The molecule has 0 fully saturated rings. The molecule has 0 aliphatic heterocycles. The molecular formula is C16H21N3O3. The molecule has 0 unspecified atom stereocenters. The fourth-order valence-corrected chi connectivity index (χ4v) is 1.70. The van der Waals surface area contributed by atoms with E-state index in [0.717, 1.165) is 5.56 Å². The molecule has 0 bridgehead atoms. The third-order valence-electron chi connectivity index (χ3n) is 2.74. The molecule has 2 aromatic rings. The first-order valence-corrected chi connectivity index (χ1v) is 7.18. The summed E-state index contributed by atoms with van der Waals surface area (Å²) in [5.74, 6) is 1.35. The van der Waals surface area contributed by atoms with Crippen molar-refractivity contribution in [3.8, 4) is 11.5 Å². The van der Waals surface area contributed by atoms with Crippen LogP contribution in [0.5, 0.6) is 0 Å². The van der Waals surface area contributed by atoms with E-state index in [0.29, 0.717) is 17.4 Å². The number of aromatic nitrogens is 2. The molecule has 118 valence electrons. The van der Waals surface area contributed by atoms with E-state index in [2.05, 4.69) is 15.5 Å². The first-order chi connectivity index (χ1) is 10.2. The lowest BCUT2D eigenvalue weighted by molar-refractivity contribution is 0.0636. The molecule has 1 aromatic carbocycles. The molecule has 1 amide bonds. The Morgan fingerprint density at radius 1 is 1.23 bits per heavy atom. The third kappa shape index (κ3) is 4.31. The van der Waals surface area contributed by atoms with E-state index in [1.54, 1.807) is 12.1 Å². The van der Waals surface area contributed by atoms with Gasteiger partial charge < -0.3 is 9.26 Å². The molecule has 22 heavy (non-hydrogen) atoms. The lowest BCUT2D eigenvalue weighted by Gasteiger charge is -2.19. The fourth-order valence-electron chi connectivity index (χ4n) is 1.70. The van der Waals surface area contributed by atoms with E-state index in [4.69, 9.17) is 9.26 Å². The van der Waals surface area contributed by atoms with Gasteiger partial charge in [0.2, 0.25) is 0 Å². The number of benzene rings is 1. The largest absolute Gasteiger partial charge is 0.444 e. The van der Waals surface area contributed by atoms with E-state index >= 15 is 0 Å². The molecule has 0 aliphatic carbocycles. The van der Waals surface area contributed by atoms with Crippen LogP contribution in [0.15, 0.2) is 28.8 Å². The summed E-state index contributed by atoms with van der Waals surface area (Å²) in [6.07, 6.45) is -0.486. The van der Waals surface area contributed by atoms with E-state index < -0.39 is 11.7 Å². The van der Waals surface area contributed by atoms with Gasteiger partial charge >= 0.3 is 6.09 Å². The predicted octanol–water partition coefficient (Wildman–Crippen LogP) is 4.21. The van der Waals surface area contributed by atoms with Crippen LogP contribution in [-0.4, -0.2) is 21.8 Å². The van der Waals surface area contributed by atoms with Crippen LogP contribution in [0.25, 0.3) is 11.5 Å². The van der Waals surface area contributed by atoms with Crippen LogP contribution in [0.4, 0.5) is 10.5 Å². The number of ether oxygens (including phenoxy) is 1. The minimum Gasteiger partial charge on any atom is -0.444 e. The molecule has 6 nitrogen and oxygen atoms in total. The minimum atomic E-state index is -0.527. The van der Waals surface area contributed by atoms with Gasteiger partial charge in [0.15, 0.2) is 5.82 Å². The minimum absolute atomic E-state index is 0.214. The lowest BCUT2D eigenvalue weighted by Crippen LogP contribution is -2.27. The van der Waals surface area contributed by atoms with E-state index in [-0.39, 0.29) is 5.92 Å². The number of rotatable bonds is 3. The monoisotopic (exact) mass is 303 g/mol. The average Bonchev–Trinajstić information content (AvgIpc) is 2.87. The normalized spacial score (nSPS) is 11.5. The van der Waals surface area contributed by atoms with E-state index in [1.807, 2.05) is 46.8 Å². The van der Waals surface area contributed by atoms with Crippen LogP contribution in [0.3, 0.4) is 0 Å². The van der Waals surface area contributed by atoms with Crippen molar-refractivity contribution in [3.05, 3.63) is 30.1 Å². The predicted molar refractivity (Wildman–Crippen MR) is 83.7 cm³/mol. The van der Waals surface area contributed by atoms with Gasteiger partial charge in [-0.3, -0.25) is 5.32 Å². The highest BCUT2D eigenvalue weighted by Crippen LogP contribution is 2.22. The first-order valence-electron chi connectivity index (χ1n) is 7.18. The highest BCUT2D eigenvalue weighted by Gasteiger charge is 2.16. The Morgan fingerprint density at radius 2 is 1.86 bits per heavy atom. The molecular weight excluding hydrogens is 282 g/mol. The second kappa shape index (κ2) is 6.17. The number of amides is 1. The molecule has 0 saturated carbocycles. The van der Waals surface area contributed by atoms with E-state index in [9.17, 15) is 4.79 Å². The Kier molecular flexibility index (Phi) is 4.49. The van der Waals surface area contributed by atoms with Crippen LogP contribution in [-0.2, 0) is 4.74 Å². The smallest absolute Gasteiger partial charge is 0.412 e. The standard InChI is InChI=1S/C16H21N3O3/c1-10(2)13-18-14(22-19-13)11-6-8-12(9-7-11)17-15(20)21-16(3,4)5/h6-10H,1-5H3,(H,17,20). The Bertz CT molecular complexity index is 639. The zero-order chi connectivity index (χ0) is 16.3. The topological polar surface area (TPSA) is 77.2 Å². The van der Waals surface area contributed by atoms with Crippen molar-refractivity contribution in [3.63, 3.8) is 0 Å². The highest BCUT2D eigenvalue weighted by atomic mass is 16.6. The summed E-state index contributed by atoms with van der Waals surface area (Å²) in [6, 6.07) is 7.14. The summed E-state index contributed by atoms with van der Waals surface area (Å²) in [4.78, 5) is 16.0. The highest BCUT2D eigenvalue weighted by molar-refractivity contribution is 5.85. The summed E-state index contributed by atoms with van der Waals surface area (Å²) >= 11 is 0. The number of carbonyl (C=O) groups is 1. The maximum atomic E-state index is 11.7. The van der Waals surface area contributed by atoms with Crippen LogP contribution >= 0.6 is 0 Å². The Labute approximate surface area is 129 Å². The quantitative estimate of drug-likeness (QED) is 0.919. The van der Waals surface area contributed by atoms with Gasteiger partial charge in [-0.1, -0.05) is 19.0 Å². The summed E-state index contributed by atoms with van der Waals surface area (Å²) < 4.78 is 10.4. The number of carbonyl (C=O) groups excluding carboxylic acids is 1. The van der Waals surface area contributed by atoms with Crippen molar-refractivity contribution in [2.45, 2.75) is 46.1 Å². The average molecular weight is 303 g/mol. The molecule has 2 rings (SSSR count). The maximum Gasteiger partial charge on any atom is 0.412 e. The van der Waals surface area contributed by atoms with Crippen LogP contribution in [0.2, 0.25) is 0 Å². The zero-order valence-corrected chi connectivity index (χ0v) is 13.5. The van der Waals surface area contributed by atoms with Crippen molar-refractivity contribution < 1.29 is 14.1 Å². The molecule has 0 spiro atoms. The van der Waals surface area contributed by atoms with Gasteiger partial charge in [0.25, 0.3) is 5.89 Å². The number of hydrogen-bond acceptors (Lipinski definition) is 5. The number of nitrogens with one attached hydrogen (secondary N) is 1. The lowest BCUT2D eigenvalue weighted by atomic mass is 10.2. The summed E-state index contributed by atoms with van der Waals surface area (Å²) in [6.45, 7) is 9.46. The van der Waals surface area contributed by atoms with Gasteiger partial charge in [-0.05, 0) is 45.0 Å². The number of nitrogens with zero attached hydrogens (tertiary/aromatic N) is 2. The molecule has 6 heteroatoms. The second-order valence-electron chi connectivity index (χ2n) is 6.32. The van der Waals surface area contributed by atoms with Crippen molar-refractivity contribution in [1.82, 2.24) is 10.1 Å². The SMILES string of the molecule is CC(C)c1noc(-c2ccc(NC(=O)OC(C)(C)C)cc2)n1. The zero-order valence-electron chi connectivity index (χ0n) is 13.5. The van der Waals surface area contributed by atoms with Gasteiger partial charge in [-0.25, -0.2) is 4.79 Å². The Morgan fingerprint density at radius 3 is 2.36 bits per heavy atom. The van der Waals surface area contributed by atoms with Crippen molar-refractivity contribution in [1.29, 1.82) is 0 Å². The summed E-state index contributed by atoms with van der Waals surface area (Å²) in [5, 5.41) is 6.60. The molecule has 0 aliphatic rings. The van der Waals surface area contributed by atoms with Crippen LogP contribution in [0, 0.1) is 0 Å². The van der Waals surface area contributed by atoms with Gasteiger partial charge in [-0.15, -0.1) is 0 Å². The second-order valence-corrected chi connectivity index (χ2v) is 6.32. The van der Waals surface area contributed by atoms with Crippen LogP contribution in [0.1, 0.15) is 46.4 Å². The van der Waals surface area contributed by atoms with Crippen molar-refractivity contribution in [2.75, 3.05) is 5.32 Å². The Balaban J connectivity index is 2.05. The number of hydrogen-bond donors (Lipinski definition) is 1.